The third-order valence-electron chi connectivity index (χ3n) is 6.77. The maximum absolute atomic E-state index is 12.8. The highest BCUT2D eigenvalue weighted by Crippen LogP contribution is 2.29. The second-order valence-corrected chi connectivity index (χ2v) is 9.90. The van der Waals surface area contributed by atoms with Gasteiger partial charge >= 0.3 is 6.09 Å². The maximum atomic E-state index is 12.8. The Morgan fingerprint density at radius 1 is 1.13 bits per heavy atom. The molecule has 0 saturated heterocycles. The van der Waals surface area contributed by atoms with E-state index in [1.165, 1.54) is 33.3 Å². The molecule has 0 saturated carbocycles. The van der Waals surface area contributed by atoms with Crippen LogP contribution in [0, 0.1) is 11.8 Å². The Hall–Kier alpha value is -3.54. The number of hydrogen-bond acceptors (Lipinski definition) is 9. The molecule has 0 fully saturated rings. The molecule has 0 aromatic rings. The van der Waals surface area contributed by atoms with Crippen molar-refractivity contribution >= 4 is 23.6 Å². The number of ketones is 2. The molecule has 0 aromatic heterocycles. The van der Waals surface area contributed by atoms with Crippen LogP contribution in [0.25, 0.3) is 0 Å². The molecule has 6 unspecified atom stereocenters. The maximum Gasteiger partial charge on any atom is 0.405 e. The molecule has 2 amide bonds. The zero-order valence-corrected chi connectivity index (χ0v) is 23.1. The zero-order chi connectivity index (χ0) is 29.4. The highest BCUT2D eigenvalue weighted by molar-refractivity contribution is 6.48. The Morgan fingerprint density at radius 2 is 1.79 bits per heavy atom. The molecule has 2 aliphatic rings. The van der Waals surface area contributed by atoms with Gasteiger partial charge in [-0.15, -0.1) is 0 Å². The van der Waals surface area contributed by atoms with E-state index in [0.717, 1.165) is 6.08 Å². The molecule has 0 aromatic carbocycles. The van der Waals surface area contributed by atoms with E-state index in [2.05, 4.69) is 5.32 Å². The van der Waals surface area contributed by atoms with Crippen molar-refractivity contribution in [1.82, 2.24) is 5.32 Å². The van der Waals surface area contributed by atoms with Crippen LogP contribution in [0.15, 0.2) is 58.6 Å². The van der Waals surface area contributed by atoms with Gasteiger partial charge in [0.25, 0.3) is 5.91 Å². The Kier molecular flexibility index (Phi) is 11.4. The van der Waals surface area contributed by atoms with E-state index in [1.54, 1.807) is 32.9 Å². The number of amides is 2. The minimum Gasteiger partial charge on any atom is -0.505 e. The van der Waals surface area contributed by atoms with Crippen molar-refractivity contribution in [3.63, 3.8) is 0 Å². The number of aliphatic hydroxyl groups is 2. The summed E-state index contributed by atoms with van der Waals surface area (Å²) in [5, 5.41) is 24.3. The van der Waals surface area contributed by atoms with E-state index in [1.807, 2.05) is 0 Å². The Labute approximate surface area is 228 Å². The van der Waals surface area contributed by atoms with Crippen LogP contribution in [-0.2, 0) is 28.6 Å². The van der Waals surface area contributed by atoms with E-state index >= 15 is 0 Å². The molecule has 2 bridgehead atoms. The summed E-state index contributed by atoms with van der Waals surface area (Å²) in [5.74, 6) is -3.58. The molecule has 1 aliphatic heterocycles. The molecule has 6 atom stereocenters. The van der Waals surface area contributed by atoms with Crippen molar-refractivity contribution in [2.75, 3.05) is 14.2 Å². The molecule has 39 heavy (non-hydrogen) atoms. The zero-order valence-electron chi connectivity index (χ0n) is 23.1. The number of Topliss-reactive ketones (excluding diaryl/α,β-unsaturated/α-hetero) is 1. The number of primary amides is 1. The number of hydrogen-bond donors (Lipinski definition) is 4. The number of fused-ring (bicyclic) bond motifs is 1. The van der Waals surface area contributed by atoms with Gasteiger partial charge in [-0.25, -0.2) is 4.79 Å². The van der Waals surface area contributed by atoms with Crippen molar-refractivity contribution in [3.05, 3.63) is 58.6 Å². The van der Waals surface area contributed by atoms with Crippen molar-refractivity contribution in [3.8, 4) is 0 Å². The molecule has 5 N–H and O–H groups in total. The number of carbonyl (C=O) groups is 4. The predicted molar refractivity (Wildman–Crippen MR) is 142 cm³/mol. The number of rotatable bonds is 3. The third kappa shape index (κ3) is 8.22. The van der Waals surface area contributed by atoms with Crippen LogP contribution in [0.3, 0.4) is 0 Å². The summed E-state index contributed by atoms with van der Waals surface area (Å²) >= 11 is 0. The van der Waals surface area contributed by atoms with Crippen molar-refractivity contribution in [2.45, 2.75) is 65.0 Å². The van der Waals surface area contributed by atoms with E-state index in [0.29, 0.717) is 5.57 Å². The average Bonchev–Trinajstić information content (AvgIpc) is 2.88. The number of nitrogens with one attached hydrogen (secondary N) is 1. The van der Waals surface area contributed by atoms with E-state index in [-0.39, 0.29) is 35.6 Å². The SMILES string of the molecule is COC1/C=C\C=C(/C)C(=O)NC2=CC(=O)C(=O)C(=C2O)CC(C)CC(OC)C(O)C(C)/C=C(\C)C1OC(N)=O. The smallest absolute Gasteiger partial charge is 0.405 e. The topological polar surface area (TPSA) is 174 Å². The summed E-state index contributed by atoms with van der Waals surface area (Å²) in [4.78, 5) is 49.4. The lowest BCUT2D eigenvalue weighted by molar-refractivity contribution is -0.132. The monoisotopic (exact) mass is 546 g/mol. The van der Waals surface area contributed by atoms with Crippen LogP contribution in [-0.4, -0.2) is 72.4 Å². The van der Waals surface area contributed by atoms with Gasteiger partial charge in [-0.2, -0.15) is 0 Å². The molecule has 214 valence electrons. The molecule has 1 heterocycles. The highest BCUT2D eigenvalue weighted by Gasteiger charge is 2.33. The minimum atomic E-state index is -1.01. The van der Waals surface area contributed by atoms with E-state index in [9.17, 15) is 29.4 Å². The van der Waals surface area contributed by atoms with Crippen LogP contribution in [0.4, 0.5) is 4.79 Å². The first-order valence-corrected chi connectivity index (χ1v) is 12.6. The fraction of sp³-hybridized carbons (Fsp3) is 0.500. The third-order valence-corrected chi connectivity index (χ3v) is 6.77. The van der Waals surface area contributed by atoms with Crippen LogP contribution in [0.1, 0.15) is 40.5 Å². The van der Waals surface area contributed by atoms with Gasteiger partial charge in [-0.1, -0.05) is 38.2 Å². The standard InChI is InChI=1S/C28H38N2O9/c1-14-10-18-24(33)19(13-20(31)25(18)34)30-27(35)15(2)8-7-9-21(37-5)26(39-28(29)36)17(4)12-16(3)23(32)22(11-14)38-6/h7-9,12-14,16,21-23,26,32-33H,10-11H2,1-6H3,(H2,29,36)(H,30,35)/b9-7-,15-8+,17-12+. The first-order valence-electron chi connectivity index (χ1n) is 12.6. The van der Waals surface area contributed by atoms with Crippen molar-refractivity contribution in [1.29, 1.82) is 0 Å². The van der Waals surface area contributed by atoms with Crippen LogP contribution < -0.4 is 11.1 Å². The summed E-state index contributed by atoms with van der Waals surface area (Å²) < 4.78 is 16.4. The average molecular weight is 547 g/mol. The highest BCUT2D eigenvalue weighted by atomic mass is 16.6. The number of nitrogens with two attached hydrogens (primary N) is 1. The molecular weight excluding hydrogens is 508 g/mol. The Bertz CT molecular complexity index is 1130. The number of aliphatic hydroxyl groups excluding tert-OH is 2. The molecule has 11 nitrogen and oxygen atoms in total. The molecule has 11 heteroatoms. The fourth-order valence-electron chi connectivity index (χ4n) is 4.57. The summed E-state index contributed by atoms with van der Waals surface area (Å²) in [6.45, 7) is 6.79. The predicted octanol–water partition coefficient (Wildman–Crippen LogP) is 2.32. The summed E-state index contributed by atoms with van der Waals surface area (Å²) in [5.41, 5.74) is 5.79. The minimum absolute atomic E-state index is 0.0149. The molecule has 2 rings (SSSR count). The summed E-state index contributed by atoms with van der Waals surface area (Å²) in [6.07, 6.45) is 3.07. The summed E-state index contributed by atoms with van der Waals surface area (Å²) in [7, 11) is 2.86. The molecule has 0 spiro atoms. The van der Waals surface area contributed by atoms with Gasteiger partial charge in [-0.3, -0.25) is 14.4 Å². The van der Waals surface area contributed by atoms with Crippen LogP contribution in [0.2, 0.25) is 0 Å². The number of methoxy groups -OCH3 is 2. The first kappa shape index (κ1) is 31.7. The van der Waals surface area contributed by atoms with E-state index in [4.69, 9.17) is 19.9 Å². The lowest BCUT2D eigenvalue weighted by Gasteiger charge is -2.29. The number of carbonyl (C=O) groups excluding carboxylic acids is 4. The van der Waals surface area contributed by atoms with Gasteiger partial charge in [0.1, 0.15) is 11.9 Å². The largest absolute Gasteiger partial charge is 0.505 e. The van der Waals surface area contributed by atoms with E-state index < -0.39 is 59.7 Å². The Balaban J connectivity index is 2.59. The lowest BCUT2D eigenvalue weighted by Crippen LogP contribution is -2.37. The number of ether oxygens (including phenoxy) is 3. The molecule has 1 aliphatic carbocycles. The van der Waals surface area contributed by atoms with Gasteiger partial charge < -0.3 is 35.5 Å². The van der Waals surface area contributed by atoms with Gasteiger partial charge in [0.15, 0.2) is 6.10 Å². The van der Waals surface area contributed by atoms with Gasteiger partial charge in [-0.05, 0) is 38.2 Å². The molecular formula is C28H38N2O9. The van der Waals surface area contributed by atoms with Crippen molar-refractivity contribution in [2.24, 2.45) is 17.6 Å². The summed E-state index contributed by atoms with van der Waals surface area (Å²) in [6, 6.07) is 0. The van der Waals surface area contributed by atoms with Gasteiger partial charge in [0.2, 0.25) is 11.6 Å². The fourth-order valence-corrected chi connectivity index (χ4v) is 4.57. The quantitative estimate of drug-likeness (QED) is 0.235. The number of allylic oxidation sites excluding steroid dienone is 4. The second-order valence-electron chi connectivity index (χ2n) is 9.90. The van der Waals surface area contributed by atoms with Gasteiger partial charge in [0.05, 0.1) is 17.9 Å². The lowest BCUT2D eigenvalue weighted by atomic mass is 9.85. The normalized spacial score (nSPS) is 33.3. The van der Waals surface area contributed by atoms with Gasteiger partial charge in [0, 0.05) is 37.4 Å². The van der Waals surface area contributed by atoms with Crippen LogP contribution in [0.5, 0.6) is 0 Å². The first-order chi connectivity index (χ1) is 18.3. The van der Waals surface area contributed by atoms with Crippen LogP contribution >= 0.6 is 0 Å². The van der Waals surface area contributed by atoms with Crippen molar-refractivity contribution < 1.29 is 43.6 Å². The molecule has 0 radical (unpaired) electrons. The second kappa shape index (κ2) is 14.0. The Morgan fingerprint density at radius 3 is 2.38 bits per heavy atom.